The summed E-state index contributed by atoms with van der Waals surface area (Å²) in [6.07, 6.45) is 4.84. The molecule has 2 atom stereocenters. The van der Waals surface area contributed by atoms with Crippen molar-refractivity contribution in [2.75, 3.05) is 13.2 Å². The molecule has 1 N–H and O–H groups in total. The second-order valence-corrected chi connectivity index (χ2v) is 6.58. The van der Waals surface area contributed by atoms with Crippen molar-refractivity contribution in [3.63, 3.8) is 0 Å². The zero-order valence-corrected chi connectivity index (χ0v) is 15.2. The molecule has 1 saturated heterocycles. The average molecular weight is 368 g/mol. The van der Waals surface area contributed by atoms with Gasteiger partial charge in [-0.15, -0.1) is 17.0 Å². The molecule has 22 heavy (non-hydrogen) atoms. The van der Waals surface area contributed by atoms with Gasteiger partial charge >= 0.3 is 5.97 Å². The monoisotopic (exact) mass is 367 g/mol. The van der Waals surface area contributed by atoms with Gasteiger partial charge in [-0.1, -0.05) is 24.3 Å². The Balaban J connectivity index is 0.00000176. The maximum Gasteiger partial charge on any atom is 0.306 e. The van der Waals surface area contributed by atoms with Crippen molar-refractivity contribution in [3.8, 4) is 0 Å². The normalized spacial score (nSPS) is 29.7. The molecule has 122 valence electrons. The molecule has 1 aliphatic heterocycles. The number of hydrogen-bond donors (Lipinski definition) is 1. The maximum atomic E-state index is 12.3. The quantitative estimate of drug-likeness (QED) is 0.830. The number of aryl methyl sites for hydroxylation is 1. The van der Waals surface area contributed by atoms with E-state index in [1.54, 1.807) is 0 Å². The number of rotatable bonds is 3. The Morgan fingerprint density at radius 1 is 1.32 bits per heavy atom. The van der Waals surface area contributed by atoms with E-state index in [9.17, 15) is 4.79 Å². The van der Waals surface area contributed by atoms with E-state index in [4.69, 9.17) is 4.74 Å². The maximum absolute atomic E-state index is 12.3. The van der Waals surface area contributed by atoms with Gasteiger partial charge in [0.05, 0.1) is 13.0 Å². The molecule has 0 spiro atoms. The molecule has 1 aromatic rings. The number of hydrogen-bond acceptors (Lipinski definition) is 3. The SMILES string of the molecule is Br.CCOC(=O)C[C@@]12CCCN[C@@]1(C)CCc1ccccc12. The van der Waals surface area contributed by atoms with Crippen molar-refractivity contribution >= 4 is 23.0 Å². The van der Waals surface area contributed by atoms with E-state index in [2.05, 4.69) is 36.5 Å². The molecule has 1 aromatic carbocycles. The standard InChI is InChI=1S/C18H25NO2.BrH/c1-3-21-16(20)13-18-10-6-12-19-17(18,2)11-9-14-7-4-5-8-15(14)18;/h4-5,7-8,19H,3,6,9-13H2,1-2H3;1H/t17-,18+;/m0./s1. The van der Waals surface area contributed by atoms with Crippen molar-refractivity contribution < 1.29 is 9.53 Å². The summed E-state index contributed by atoms with van der Waals surface area (Å²) >= 11 is 0. The Hall–Kier alpha value is -0.870. The van der Waals surface area contributed by atoms with Crippen LogP contribution in [0.1, 0.15) is 50.7 Å². The van der Waals surface area contributed by atoms with Gasteiger partial charge in [0.2, 0.25) is 0 Å². The second-order valence-electron chi connectivity index (χ2n) is 6.58. The molecule has 1 fully saturated rings. The van der Waals surface area contributed by atoms with Gasteiger partial charge in [-0.25, -0.2) is 0 Å². The summed E-state index contributed by atoms with van der Waals surface area (Å²) in [5.41, 5.74) is 2.64. The predicted octanol–water partition coefficient (Wildman–Crippen LogP) is 3.54. The second kappa shape index (κ2) is 6.71. The van der Waals surface area contributed by atoms with E-state index in [0.717, 1.165) is 32.2 Å². The van der Waals surface area contributed by atoms with Gasteiger partial charge in [-0.2, -0.15) is 0 Å². The zero-order chi connectivity index (χ0) is 14.9. The number of nitrogens with one attached hydrogen (secondary N) is 1. The molecular formula is C18H26BrNO2. The first-order chi connectivity index (χ1) is 10.1. The molecule has 0 saturated carbocycles. The van der Waals surface area contributed by atoms with Crippen molar-refractivity contribution in [3.05, 3.63) is 35.4 Å². The van der Waals surface area contributed by atoms with Crippen LogP contribution in [0.2, 0.25) is 0 Å². The number of ether oxygens (including phenoxy) is 1. The summed E-state index contributed by atoms with van der Waals surface area (Å²) in [6.45, 7) is 5.67. The van der Waals surface area contributed by atoms with Crippen LogP contribution >= 0.6 is 17.0 Å². The van der Waals surface area contributed by atoms with Crippen molar-refractivity contribution in [2.24, 2.45) is 0 Å². The summed E-state index contributed by atoms with van der Waals surface area (Å²) in [5, 5.41) is 3.72. The highest BCUT2D eigenvalue weighted by Crippen LogP contribution is 2.51. The number of halogens is 1. The highest BCUT2D eigenvalue weighted by Gasteiger charge is 2.54. The number of carbonyl (C=O) groups is 1. The molecular weight excluding hydrogens is 342 g/mol. The highest BCUT2D eigenvalue weighted by molar-refractivity contribution is 8.93. The van der Waals surface area contributed by atoms with Crippen LogP contribution in [-0.4, -0.2) is 24.7 Å². The molecule has 4 heteroatoms. The highest BCUT2D eigenvalue weighted by atomic mass is 79.9. The fraction of sp³-hybridized carbons (Fsp3) is 0.611. The molecule has 1 heterocycles. The molecule has 3 nitrogen and oxygen atoms in total. The third-order valence-electron chi connectivity index (χ3n) is 5.53. The number of benzene rings is 1. The van der Waals surface area contributed by atoms with Crippen LogP contribution in [0.3, 0.4) is 0 Å². The first-order valence-corrected chi connectivity index (χ1v) is 8.10. The fourth-order valence-corrected chi connectivity index (χ4v) is 4.39. The number of fused-ring (bicyclic) bond motifs is 3. The topological polar surface area (TPSA) is 38.3 Å². The van der Waals surface area contributed by atoms with E-state index >= 15 is 0 Å². The molecule has 0 amide bonds. The molecule has 2 aliphatic rings. The van der Waals surface area contributed by atoms with Crippen molar-refractivity contribution in [1.82, 2.24) is 5.32 Å². The van der Waals surface area contributed by atoms with Crippen LogP contribution < -0.4 is 5.32 Å². The van der Waals surface area contributed by atoms with Gasteiger partial charge in [-0.05, 0) is 57.2 Å². The minimum atomic E-state index is -0.119. The lowest BCUT2D eigenvalue weighted by Crippen LogP contribution is -2.64. The van der Waals surface area contributed by atoms with E-state index < -0.39 is 0 Å². The molecule has 1 aliphatic carbocycles. The molecule has 0 aromatic heterocycles. The molecule has 0 unspecified atom stereocenters. The average Bonchev–Trinajstić information content (AvgIpc) is 2.48. The predicted molar refractivity (Wildman–Crippen MR) is 93.7 cm³/mol. The first kappa shape index (κ1) is 17.5. The first-order valence-electron chi connectivity index (χ1n) is 8.10. The zero-order valence-electron chi connectivity index (χ0n) is 13.5. The summed E-state index contributed by atoms with van der Waals surface area (Å²) in [6, 6.07) is 8.65. The molecule has 0 bridgehead atoms. The van der Waals surface area contributed by atoms with Gasteiger partial charge in [0.1, 0.15) is 0 Å². The lowest BCUT2D eigenvalue weighted by atomic mass is 9.54. The third-order valence-corrected chi connectivity index (χ3v) is 5.53. The van der Waals surface area contributed by atoms with Gasteiger partial charge < -0.3 is 10.1 Å². The van der Waals surface area contributed by atoms with Crippen LogP contribution in [0.5, 0.6) is 0 Å². The van der Waals surface area contributed by atoms with Crippen molar-refractivity contribution in [1.29, 1.82) is 0 Å². The van der Waals surface area contributed by atoms with Crippen LogP contribution in [0.4, 0.5) is 0 Å². The number of piperidine rings is 1. The summed E-state index contributed by atoms with van der Waals surface area (Å²) < 4.78 is 5.28. The Labute approximate surface area is 143 Å². The van der Waals surface area contributed by atoms with Crippen LogP contribution in [0.15, 0.2) is 24.3 Å². The minimum Gasteiger partial charge on any atom is -0.466 e. The summed E-state index contributed by atoms with van der Waals surface area (Å²) in [4.78, 5) is 12.3. The number of esters is 1. The summed E-state index contributed by atoms with van der Waals surface area (Å²) in [7, 11) is 0. The molecule has 0 radical (unpaired) electrons. The van der Waals surface area contributed by atoms with Crippen LogP contribution in [0.25, 0.3) is 0 Å². The van der Waals surface area contributed by atoms with E-state index in [1.165, 1.54) is 11.1 Å². The van der Waals surface area contributed by atoms with Gasteiger partial charge in [0.25, 0.3) is 0 Å². The lowest BCUT2D eigenvalue weighted by molar-refractivity contribution is -0.146. The Morgan fingerprint density at radius 3 is 2.86 bits per heavy atom. The Morgan fingerprint density at radius 2 is 2.09 bits per heavy atom. The number of carbonyl (C=O) groups excluding carboxylic acids is 1. The summed E-state index contributed by atoms with van der Waals surface area (Å²) in [5.74, 6) is -0.0656. The van der Waals surface area contributed by atoms with Gasteiger partial charge in [0.15, 0.2) is 0 Å². The van der Waals surface area contributed by atoms with E-state index in [0.29, 0.717) is 13.0 Å². The lowest BCUT2D eigenvalue weighted by Gasteiger charge is -2.56. The van der Waals surface area contributed by atoms with E-state index in [-0.39, 0.29) is 33.9 Å². The smallest absolute Gasteiger partial charge is 0.306 e. The van der Waals surface area contributed by atoms with E-state index in [1.807, 2.05) is 6.92 Å². The van der Waals surface area contributed by atoms with Crippen molar-refractivity contribution in [2.45, 2.75) is 56.9 Å². The largest absolute Gasteiger partial charge is 0.466 e. The van der Waals surface area contributed by atoms with Gasteiger partial charge in [-0.3, -0.25) is 4.79 Å². The van der Waals surface area contributed by atoms with Crippen LogP contribution in [0, 0.1) is 0 Å². The third kappa shape index (κ3) is 2.71. The fourth-order valence-electron chi connectivity index (χ4n) is 4.39. The van der Waals surface area contributed by atoms with Gasteiger partial charge in [0, 0.05) is 11.0 Å². The van der Waals surface area contributed by atoms with Crippen LogP contribution in [-0.2, 0) is 21.4 Å². The Kier molecular flexibility index (Phi) is 5.33. The Bertz CT molecular complexity index is 548. The molecule has 3 rings (SSSR count). The minimum absolute atomic E-state index is 0.